The number of H-pyrrole nitrogens is 1. The van der Waals surface area contributed by atoms with E-state index in [2.05, 4.69) is 78.6 Å². The standard InChI is InChI=1S/C19H15N.C6H6/c1-13-6-8-14(9-7-13)15-10-11-19-17(12-15)16-4-2-3-5-18(16)20-19;1-2-4-6-5-3-1/h2-12,20H,1H3;1-6H. The lowest BCUT2D eigenvalue weighted by Gasteiger charge is -2.03. The second-order valence-electron chi connectivity index (χ2n) is 6.45. The molecule has 0 spiro atoms. The number of hydrogen-bond acceptors (Lipinski definition) is 0. The van der Waals surface area contributed by atoms with Crippen LogP contribution in [0.25, 0.3) is 32.9 Å². The summed E-state index contributed by atoms with van der Waals surface area (Å²) < 4.78 is 0. The van der Waals surface area contributed by atoms with Crippen LogP contribution < -0.4 is 0 Å². The second kappa shape index (κ2) is 7.28. The van der Waals surface area contributed by atoms with E-state index in [0.29, 0.717) is 0 Å². The van der Waals surface area contributed by atoms with Crippen molar-refractivity contribution < 1.29 is 0 Å². The van der Waals surface area contributed by atoms with Gasteiger partial charge >= 0.3 is 0 Å². The molecule has 1 heteroatoms. The average molecular weight is 335 g/mol. The Kier molecular flexibility index (Phi) is 4.53. The third kappa shape index (κ3) is 3.38. The van der Waals surface area contributed by atoms with Crippen LogP contribution in [0.4, 0.5) is 0 Å². The quantitative estimate of drug-likeness (QED) is 0.340. The Bertz CT molecular complexity index is 1090. The number of para-hydroxylation sites is 1. The topological polar surface area (TPSA) is 15.8 Å². The van der Waals surface area contributed by atoms with Crippen molar-refractivity contribution in [3.63, 3.8) is 0 Å². The zero-order valence-electron chi connectivity index (χ0n) is 14.8. The molecule has 1 N–H and O–H groups in total. The summed E-state index contributed by atoms with van der Waals surface area (Å²) in [5.41, 5.74) is 6.22. The molecule has 0 saturated carbocycles. The number of hydrogen-bond donors (Lipinski definition) is 1. The van der Waals surface area contributed by atoms with Gasteiger partial charge in [-0.15, -0.1) is 0 Å². The van der Waals surface area contributed by atoms with Crippen molar-refractivity contribution >= 4 is 21.8 Å². The average Bonchev–Trinajstić information content (AvgIpc) is 3.08. The van der Waals surface area contributed by atoms with Crippen LogP contribution in [0.2, 0.25) is 0 Å². The number of benzene rings is 4. The van der Waals surface area contributed by atoms with E-state index in [9.17, 15) is 0 Å². The zero-order valence-corrected chi connectivity index (χ0v) is 14.8. The van der Waals surface area contributed by atoms with E-state index in [4.69, 9.17) is 0 Å². The summed E-state index contributed by atoms with van der Waals surface area (Å²) in [6.45, 7) is 2.12. The smallest absolute Gasteiger partial charge is 0.0465 e. The highest BCUT2D eigenvalue weighted by Gasteiger charge is 2.05. The molecule has 1 heterocycles. The Morgan fingerprint density at radius 2 is 1.08 bits per heavy atom. The molecule has 0 aliphatic rings. The van der Waals surface area contributed by atoms with E-state index >= 15 is 0 Å². The van der Waals surface area contributed by atoms with Crippen LogP contribution in [0.5, 0.6) is 0 Å². The summed E-state index contributed by atoms with van der Waals surface area (Å²) in [6, 6.07) is 35.8. The minimum Gasteiger partial charge on any atom is -0.355 e. The summed E-state index contributed by atoms with van der Waals surface area (Å²) in [5, 5.41) is 2.58. The molecule has 0 unspecified atom stereocenters. The van der Waals surface area contributed by atoms with Crippen LogP contribution in [0.3, 0.4) is 0 Å². The van der Waals surface area contributed by atoms with Crippen LogP contribution in [0.1, 0.15) is 5.56 Å². The third-order valence-electron chi connectivity index (χ3n) is 4.56. The molecule has 5 aromatic rings. The predicted molar refractivity (Wildman–Crippen MR) is 112 cm³/mol. The van der Waals surface area contributed by atoms with E-state index in [-0.39, 0.29) is 0 Å². The molecule has 0 aliphatic heterocycles. The first kappa shape index (κ1) is 16.2. The SMILES string of the molecule is Cc1ccc(-c2ccc3[nH]c4ccccc4c3c2)cc1.c1ccccc1. The first-order valence-electron chi connectivity index (χ1n) is 8.89. The molecule has 0 radical (unpaired) electrons. The Hall–Kier alpha value is -3.32. The van der Waals surface area contributed by atoms with Crippen LogP contribution in [0.15, 0.2) is 103 Å². The molecular weight excluding hydrogens is 314 g/mol. The van der Waals surface area contributed by atoms with Crippen molar-refractivity contribution in [2.75, 3.05) is 0 Å². The van der Waals surface area contributed by atoms with Gasteiger partial charge in [-0.1, -0.05) is 90.5 Å². The third-order valence-corrected chi connectivity index (χ3v) is 4.56. The number of aryl methyl sites for hydroxylation is 1. The van der Waals surface area contributed by atoms with Crippen molar-refractivity contribution in [3.8, 4) is 11.1 Å². The van der Waals surface area contributed by atoms with E-state index in [1.807, 2.05) is 36.4 Å². The maximum atomic E-state index is 3.47. The number of fused-ring (bicyclic) bond motifs is 3. The largest absolute Gasteiger partial charge is 0.355 e. The first-order valence-corrected chi connectivity index (χ1v) is 8.89. The molecule has 5 rings (SSSR count). The zero-order chi connectivity index (χ0) is 17.8. The van der Waals surface area contributed by atoms with Crippen molar-refractivity contribution in [3.05, 3.63) is 109 Å². The number of aromatic nitrogens is 1. The molecule has 4 aromatic carbocycles. The molecular formula is C25H21N. The molecule has 126 valence electrons. The minimum atomic E-state index is 1.20. The minimum absolute atomic E-state index is 1.20. The highest BCUT2D eigenvalue weighted by molar-refractivity contribution is 6.08. The Labute approximate surface area is 153 Å². The van der Waals surface area contributed by atoms with Crippen LogP contribution in [0, 0.1) is 6.92 Å². The lowest BCUT2D eigenvalue weighted by molar-refractivity contribution is 1.47. The maximum Gasteiger partial charge on any atom is 0.0465 e. The van der Waals surface area contributed by atoms with Crippen molar-refractivity contribution in [2.24, 2.45) is 0 Å². The molecule has 26 heavy (non-hydrogen) atoms. The van der Waals surface area contributed by atoms with Gasteiger partial charge in [0.05, 0.1) is 0 Å². The summed E-state index contributed by atoms with van der Waals surface area (Å²) in [7, 11) is 0. The predicted octanol–water partition coefficient (Wildman–Crippen LogP) is 6.98. The van der Waals surface area contributed by atoms with Crippen molar-refractivity contribution in [1.29, 1.82) is 0 Å². The van der Waals surface area contributed by atoms with Gasteiger partial charge in [0.25, 0.3) is 0 Å². The number of rotatable bonds is 1. The van der Waals surface area contributed by atoms with Crippen LogP contribution in [-0.2, 0) is 0 Å². The van der Waals surface area contributed by atoms with E-state index in [1.54, 1.807) is 0 Å². The Morgan fingerprint density at radius 3 is 1.77 bits per heavy atom. The summed E-state index contributed by atoms with van der Waals surface area (Å²) in [5.74, 6) is 0. The maximum absolute atomic E-state index is 3.47. The van der Waals surface area contributed by atoms with Gasteiger partial charge in [-0.25, -0.2) is 0 Å². The highest BCUT2D eigenvalue weighted by Crippen LogP contribution is 2.29. The number of nitrogens with one attached hydrogen (secondary N) is 1. The fourth-order valence-corrected chi connectivity index (χ4v) is 3.16. The van der Waals surface area contributed by atoms with Crippen LogP contribution in [-0.4, -0.2) is 4.98 Å². The summed E-state index contributed by atoms with van der Waals surface area (Å²) in [4.78, 5) is 3.47. The number of aromatic amines is 1. The molecule has 0 amide bonds. The molecule has 0 bridgehead atoms. The summed E-state index contributed by atoms with van der Waals surface area (Å²) in [6.07, 6.45) is 0. The van der Waals surface area contributed by atoms with Gasteiger partial charge in [0.15, 0.2) is 0 Å². The lowest BCUT2D eigenvalue weighted by Crippen LogP contribution is -1.78. The van der Waals surface area contributed by atoms with Gasteiger partial charge in [-0.05, 0) is 36.2 Å². The monoisotopic (exact) mass is 335 g/mol. The summed E-state index contributed by atoms with van der Waals surface area (Å²) >= 11 is 0. The lowest BCUT2D eigenvalue weighted by atomic mass is 10.0. The van der Waals surface area contributed by atoms with Crippen molar-refractivity contribution in [1.82, 2.24) is 4.98 Å². The van der Waals surface area contributed by atoms with Gasteiger partial charge in [0, 0.05) is 21.8 Å². The second-order valence-corrected chi connectivity index (χ2v) is 6.45. The first-order chi connectivity index (χ1) is 12.8. The van der Waals surface area contributed by atoms with Gasteiger partial charge in [0.2, 0.25) is 0 Å². The normalized spacial score (nSPS) is 10.5. The Morgan fingerprint density at radius 1 is 0.500 bits per heavy atom. The fraction of sp³-hybridized carbons (Fsp3) is 0.0400. The van der Waals surface area contributed by atoms with Gasteiger partial charge < -0.3 is 4.98 Å². The van der Waals surface area contributed by atoms with E-state index < -0.39 is 0 Å². The molecule has 0 saturated heterocycles. The van der Waals surface area contributed by atoms with Crippen LogP contribution >= 0.6 is 0 Å². The van der Waals surface area contributed by atoms with Gasteiger partial charge in [-0.2, -0.15) is 0 Å². The van der Waals surface area contributed by atoms with Gasteiger partial charge in [0.1, 0.15) is 0 Å². The molecule has 1 aromatic heterocycles. The highest BCUT2D eigenvalue weighted by atomic mass is 14.7. The van der Waals surface area contributed by atoms with Crippen molar-refractivity contribution in [2.45, 2.75) is 6.92 Å². The molecule has 0 fully saturated rings. The Balaban J connectivity index is 0.000000240. The molecule has 0 aliphatic carbocycles. The van der Waals surface area contributed by atoms with Gasteiger partial charge in [-0.3, -0.25) is 0 Å². The molecule has 1 nitrogen and oxygen atoms in total. The van der Waals surface area contributed by atoms with E-state index in [0.717, 1.165) is 0 Å². The van der Waals surface area contributed by atoms with E-state index in [1.165, 1.54) is 38.5 Å². The molecule has 0 atom stereocenters. The fourth-order valence-electron chi connectivity index (χ4n) is 3.16.